The molecule has 84 valence electrons. The standard InChI is InChI=1S/C11H13N3O2/c1-8-6-10(14(15)16)11(12-7-8)13-9-4-2-3-5-9/h2-3,6-7,9H,4-5H2,1H3,(H,12,13). The Morgan fingerprint density at radius 2 is 2.19 bits per heavy atom. The highest BCUT2D eigenvalue weighted by Crippen LogP contribution is 2.25. The molecule has 5 heteroatoms. The van der Waals surface area contributed by atoms with Crippen LogP contribution in [0.25, 0.3) is 0 Å². The van der Waals surface area contributed by atoms with Crippen LogP contribution in [-0.4, -0.2) is 15.9 Å². The van der Waals surface area contributed by atoms with Crippen LogP contribution in [0.2, 0.25) is 0 Å². The lowest BCUT2D eigenvalue weighted by Gasteiger charge is -2.12. The molecule has 0 amide bonds. The lowest BCUT2D eigenvalue weighted by Crippen LogP contribution is -2.17. The fourth-order valence-electron chi connectivity index (χ4n) is 1.73. The van der Waals surface area contributed by atoms with Gasteiger partial charge in [-0.05, 0) is 25.3 Å². The van der Waals surface area contributed by atoms with Gasteiger partial charge < -0.3 is 5.32 Å². The number of pyridine rings is 1. The minimum Gasteiger partial charge on any atom is -0.361 e. The van der Waals surface area contributed by atoms with Crippen molar-refractivity contribution in [3.05, 3.63) is 40.1 Å². The molecule has 1 aliphatic rings. The molecule has 0 radical (unpaired) electrons. The van der Waals surface area contributed by atoms with Crippen molar-refractivity contribution < 1.29 is 4.92 Å². The normalized spacial score (nSPS) is 15.3. The van der Waals surface area contributed by atoms with Crippen molar-refractivity contribution in [2.24, 2.45) is 0 Å². The van der Waals surface area contributed by atoms with E-state index >= 15 is 0 Å². The third-order valence-corrected chi connectivity index (χ3v) is 2.55. The smallest absolute Gasteiger partial charge is 0.311 e. The molecule has 0 atom stereocenters. The maximum atomic E-state index is 10.9. The summed E-state index contributed by atoms with van der Waals surface area (Å²) in [7, 11) is 0. The van der Waals surface area contributed by atoms with Crippen molar-refractivity contribution in [3.63, 3.8) is 0 Å². The first-order chi connectivity index (χ1) is 7.66. The van der Waals surface area contributed by atoms with E-state index in [1.165, 1.54) is 6.07 Å². The van der Waals surface area contributed by atoms with Gasteiger partial charge in [0.15, 0.2) is 0 Å². The number of nitrogens with zero attached hydrogens (tertiary/aromatic N) is 2. The Morgan fingerprint density at radius 3 is 2.81 bits per heavy atom. The van der Waals surface area contributed by atoms with Gasteiger partial charge in [-0.3, -0.25) is 10.1 Å². The van der Waals surface area contributed by atoms with E-state index in [0.29, 0.717) is 5.82 Å². The van der Waals surface area contributed by atoms with E-state index in [1.807, 2.05) is 0 Å². The number of hydrogen-bond donors (Lipinski definition) is 1. The molecule has 1 aliphatic carbocycles. The molecule has 0 unspecified atom stereocenters. The zero-order valence-corrected chi connectivity index (χ0v) is 9.01. The molecule has 0 fully saturated rings. The van der Waals surface area contributed by atoms with Crippen molar-refractivity contribution in [1.29, 1.82) is 0 Å². The summed E-state index contributed by atoms with van der Waals surface area (Å²) >= 11 is 0. The molecule has 1 heterocycles. The fourth-order valence-corrected chi connectivity index (χ4v) is 1.73. The van der Waals surface area contributed by atoms with Gasteiger partial charge in [0.2, 0.25) is 5.82 Å². The molecule has 0 saturated carbocycles. The molecule has 0 aromatic carbocycles. The van der Waals surface area contributed by atoms with E-state index in [1.54, 1.807) is 13.1 Å². The van der Waals surface area contributed by atoms with Crippen LogP contribution < -0.4 is 5.32 Å². The maximum Gasteiger partial charge on any atom is 0.311 e. The van der Waals surface area contributed by atoms with E-state index < -0.39 is 4.92 Å². The minimum absolute atomic E-state index is 0.0481. The topological polar surface area (TPSA) is 68.1 Å². The number of rotatable bonds is 3. The summed E-state index contributed by atoms with van der Waals surface area (Å²) in [6.45, 7) is 1.79. The second-order valence-corrected chi connectivity index (χ2v) is 3.92. The Bertz CT molecular complexity index is 435. The highest BCUT2D eigenvalue weighted by Gasteiger charge is 2.19. The van der Waals surface area contributed by atoms with Crippen LogP contribution in [0, 0.1) is 17.0 Å². The van der Waals surface area contributed by atoms with Crippen molar-refractivity contribution in [2.45, 2.75) is 25.8 Å². The largest absolute Gasteiger partial charge is 0.361 e. The van der Waals surface area contributed by atoms with Crippen LogP contribution in [0.1, 0.15) is 18.4 Å². The quantitative estimate of drug-likeness (QED) is 0.481. The molecular weight excluding hydrogens is 206 g/mol. The van der Waals surface area contributed by atoms with Crippen LogP contribution in [0.5, 0.6) is 0 Å². The van der Waals surface area contributed by atoms with E-state index in [9.17, 15) is 10.1 Å². The van der Waals surface area contributed by atoms with Gasteiger partial charge in [-0.25, -0.2) is 4.98 Å². The molecule has 0 bridgehead atoms. The molecular formula is C11H13N3O2. The first kappa shape index (κ1) is 10.6. The number of hydrogen-bond acceptors (Lipinski definition) is 4. The molecule has 16 heavy (non-hydrogen) atoms. The van der Waals surface area contributed by atoms with E-state index in [0.717, 1.165) is 18.4 Å². The SMILES string of the molecule is Cc1cnc(NC2CC=CC2)c([N+](=O)[O-])c1. The van der Waals surface area contributed by atoms with Crippen LogP contribution in [-0.2, 0) is 0 Å². The monoisotopic (exact) mass is 219 g/mol. The van der Waals surface area contributed by atoms with Crippen LogP contribution >= 0.6 is 0 Å². The fraction of sp³-hybridized carbons (Fsp3) is 0.364. The number of aryl methyl sites for hydroxylation is 1. The minimum atomic E-state index is -0.398. The Morgan fingerprint density at radius 1 is 1.50 bits per heavy atom. The Balaban J connectivity index is 2.22. The van der Waals surface area contributed by atoms with E-state index in [2.05, 4.69) is 22.5 Å². The number of nitro groups is 1. The van der Waals surface area contributed by atoms with Gasteiger partial charge in [0.05, 0.1) is 4.92 Å². The third kappa shape index (κ3) is 2.18. The summed E-state index contributed by atoms with van der Waals surface area (Å²) in [6, 6.07) is 1.77. The van der Waals surface area contributed by atoms with Crippen molar-refractivity contribution in [3.8, 4) is 0 Å². The molecule has 1 aromatic heterocycles. The zero-order valence-electron chi connectivity index (χ0n) is 9.01. The number of anilines is 1. The van der Waals surface area contributed by atoms with Gasteiger partial charge in [-0.1, -0.05) is 12.2 Å². The van der Waals surface area contributed by atoms with Crippen molar-refractivity contribution in [2.75, 3.05) is 5.32 Å². The summed E-state index contributed by atoms with van der Waals surface area (Å²) in [4.78, 5) is 14.5. The average molecular weight is 219 g/mol. The number of nitrogens with one attached hydrogen (secondary N) is 1. The van der Waals surface area contributed by atoms with Crippen molar-refractivity contribution in [1.82, 2.24) is 4.98 Å². The average Bonchev–Trinajstić information content (AvgIpc) is 2.73. The van der Waals surface area contributed by atoms with Gasteiger partial charge in [0, 0.05) is 18.3 Å². The van der Waals surface area contributed by atoms with Crippen molar-refractivity contribution >= 4 is 11.5 Å². The van der Waals surface area contributed by atoms with Gasteiger partial charge in [0.25, 0.3) is 0 Å². The Hall–Kier alpha value is -1.91. The molecule has 0 spiro atoms. The predicted molar refractivity (Wildman–Crippen MR) is 61.4 cm³/mol. The third-order valence-electron chi connectivity index (χ3n) is 2.55. The van der Waals surface area contributed by atoms with Gasteiger partial charge in [-0.15, -0.1) is 0 Å². The summed E-state index contributed by atoms with van der Waals surface area (Å²) < 4.78 is 0. The van der Waals surface area contributed by atoms with E-state index in [4.69, 9.17) is 0 Å². The summed E-state index contributed by atoms with van der Waals surface area (Å²) in [6.07, 6.45) is 7.56. The maximum absolute atomic E-state index is 10.9. The Labute approximate surface area is 93.3 Å². The molecule has 1 aromatic rings. The van der Waals surface area contributed by atoms with Gasteiger partial charge >= 0.3 is 5.69 Å². The van der Waals surface area contributed by atoms with Gasteiger partial charge in [-0.2, -0.15) is 0 Å². The van der Waals surface area contributed by atoms with Crippen LogP contribution in [0.4, 0.5) is 11.5 Å². The number of aromatic nitrogens is 1. The second kappa shape index (κ2) is 4.30. The van der Waals surface area contributed by atoms with Crippen LogP contribution in [0.15, 0.2) is 24.4 Å². The van der Waals surface area contributed by atoms with Gasteiger partial charge in [0.1, 0.15) is 0 Å². The summed E-state index contributed by atoms with van der Waals surface area (Å²) in [5.41, 5.74) is 0.841. The highest BCUT2D eigenvalue weighted by atomic mass is 16.6. The summed E-state index contributed by atoms with van der Waals surface area (Å²) in [5.74, 6) is 0.365. The molecule has 0 aliphatic heterocycles. The van der Waals surface area contributed by atoms with E-state index in [-0.39, 0.29) is 11.7 Å². The Kier molecular flexibility index (Phi) is 2.85. The lowest BCUT2D eigenvalue weighted by molar-refractivity contribution is -0.384. The second-order valence-electron chi connectivity index (χ2n) is 3.92. The zero-order chi connectivity index (χ0) is 11.5. The van der Waals surface area contributed by atoms with Crippen LogP contribution in [0.3, 0.4) is 0 Å². The molecule has 5 nitrogen and oxygen atoms in total. The summed E-state index contributed by atoms with van der Waals surface area (Å²) in [5, 5.41) is 14.0. The first-order valence-corrected chi connectivity index (χ1v) is 5.19. The first-order valence-electron chi connectivity index (χ1n) is 5.19. The highest BCUT2D eigenvalue weighted by molar-refractivity contribution is 5.57. The molecule has 1 N–H and O–H groups in total. The predicted octanol–water partition coefficient (Wildman–Crippen LogP) is 2.43. The lowest BCUT2D eigenvalue weighted by atomic mass is 10.2. The molecule has 2 rings (SSSR count). The molecule has 0 saturated heterocycles.